The number of ether oxygens (including phenoxy) is 1. The minimum Gasteiger partial charge on any atom is -0.446 e. The fourth-order valence-electron chi connectivity index (χ4n) is 2.59. The van der Waals surface area contributed by atoms with E-state index in [1.807, 2.05) is 0 Å². The highest BCUT2D eigenvalue weighted by atomic mass is 32.2. The lowest BCUT2D eigenvalue weighted by Crippen LogP contribution is -2.31. The van der Waals surface area contributed by atoms with Gasteiger partial charge < -0.3 is 4.74 Å². The number of imide groups is 1. The Kier molecular flexibility index (Phi) is 7.83. The number of thioether (sulfide) groups is 2. The molecular formula is C16H22N2O5S2. The van der Waals surface area contributed by atoms with E-state index >= 15 is 0 Å². The van der Waals surface area contributed by atoms with Crippen molar-refractivity contribution >= 4 is 47.0 Å². The molecule has 0 radical (unpaired) electrons. The normalized spacial score (nSPS) is 20.8. The van der Waals surface area contributed by atoms with Crippen LogP contribution in [0.15, 0.2) is 9.93 Å². The zero-order valence-corrected chi connectivity index (χ0v) is 15.8. The van der Waals surface area contributed by atoms with E-state index < -0.39 is 0 Å². The Labute approximate surface area is 155 Å². The lowest BCUT2D eigenvalue weighted by Gasteiger charge is -2.16. The van der Waals surface area contributed by atoms with Gasteiger partial charge in [-0.2, -0.15) is 0 Å². The van der Waals surface area contributed by atoms with Gasteiger partial charge in [0.05, 0.1) is 5.75 Å². The van der Waals surface area contributed by atoms with Gasteiger partial charge in [-0.3, -0.25) is 29.0 Å². The summed E-state index contributed by atoms with van der Waals surface area (Å²) in [5.41, 5.74) is 0. The van der Waals surface area contributed by atoms with Crippen LogP contribution < -0.4 is 0 Å². The quantitative estimate of drug-likeness (QED) is 0.324. The number of nitrogens with zero attached hydrogens (tertiary/aromatic N) is 2. The number of rotatable bonds is 10. The summed E-state index contributed by atoms with van der Waals surface area (Å²) in [6.07, 6.45) is 6.43. The van der Waals surface area contributed by atoms with Gasteiger partial charge in [0.2, 0.25) is 5.91 Å². The number of hydrogen-bond acceptors (Lipinski definition) is 7. The summed E-state index contributed by atoms with van der Waals surface area (Å²) in [6, 6.07) is 0. The summed E-state index contributed by atoms with van der Waals surface area (Å²) in [5, 5.41) is 0.0953. The highest BCUT2D eigenvalue weighted by Gasteiger charge is 2.41. The molecule has 2 aliphatic heterocycles. The Balaban J connectivity index is 1.97. The monoisotopic (exact) mass is 386 g/mol. The van der Waals surface area contributed by atoms with Crippen LogP contribution in [0.25, 0.3) is 0 Å². The van der Waals surface area contributed by atoms with Crippen LogP contribution in [0.2, 0.25) is 0 Å². The van der Waals surface area contributed by atoms with Crippen molar-refractivity contribution in [3.8, 4) is 0 Å². The lowest BCUT2D eigenvalue weighted by molar-refractivity contribution is -0.138. The molecule has 2 fully saturated rings. The van der Waals surface area contributed by atoms with Crippen molar-refractivity contribution in [2.45, 2.75) is 45.4 Å². The molecule has 0 aromatic rings. The maximum absolute atomic E-state index is 12.6. The molecule has 9 heteroatoms. The predicted octanol–water partition coefficient (Wildman–Crippen LogP) is 2.92. The second-order valence-electron chi connectivity index (χ2n) is 5.73. The van der Waals surface area contributed by atoms with Crippen LogP contribution in [-0.2, 0) is 19.1 Å². The maximum atomic E-state index is 12.6. The van der Waals surface area contributed by atoms with Crippen LogP contribution in [0.5, 0.6) is 0 Å². The molecule has 2 heterocycles. The highest BCUT2D eigenvalue weighted by molar-refractivity contribution is 8.19. The molecule has 25 heavy (non-hydrogen) atoms. The first-order valence-electron chi connectivity index (χ1n) is 8.36. The van der Waals surface area contributed by atoms with E-state index in [-0.39, 0.29) is 40.9 Å². The molecule has 2 rings (SSSR count). The molecule has 0 spiro atoms. The number of unbranched alkanes of at least 4 members (excludes halogenated alkanes) is 5. The van der Waals surface area contributed by atoms with Gasteiger partial charge >= 0.3 is 0 Å². The average molecular weight is 386 g/mol. The molecule has 2 aliphatic rings. The van der Waals surface area contributed by atoms with Crippen LogP contribution in [-0.4, -0.2) is 52.4 Å². The molecule has 0 atom stereocenters. The third-order valence-electron chi connectivity index (χ3n) is 3.93. The zero-order valence-electron chi connectivity index (χ0n) is 14.2. The summed E-state index contributed by atoms with van der Waals surface area (Å²) in [4.78, 5) is 49.7. The Bertz CT molecular complexity index is 579. The Morgan fingerprint density at radius 2 is 1.80 bits per heavy atom. The minimum atomic E-state index is -0.364. The second-order valence-corrected chi connectivity index (χ2v) is 7.65. The number of carbonyl (C=O) groups excluding carboxylic acids is 4. The van der Waals surface area contributed by atoms with Crippen molar-refractivity contribution in [2.75, 3.05) is 19.0 Å². The molecule has 0 saturated carbocycles. The number of carbonyl (C=O) groups is 4. The molecule has 3 amide bonds. The van der Waals surface area contributed by atoms with Crippen molar-refractivity contribution in [2.24, 2.45) is 0 Å². The van der Waals surface area contributed by atoms with E-state index in [4.69, 9.17) is 0 Å². The van der Waals surface area contributed by atoms with E-state index in [9.17, 15) is 19.2 Å². The molecule has 0 bridgehead atoms. The van der Waals surface area contributed by atoms with Crippen LogP contribution in [0.3, 0.4) is 0 Å². The smallest absolute Gasteiger partial charge is 0.294 e. The minimum absolute atomic E-state index is 0.167. The van der Waals surface area contributed by atoms with Crippen molar-refractivity contribution < 1.29 is 23.9 Å². The van der Waals surface area contributed by atoms with Crippen molar-refractivity contribution in [3.63, 3.8) is 0 Å². The second kappa shape index (κ2) is 9.86. The van der Waals surface area contributed by atoms with Gasteiger partial charge in [-0.25, -0.2) is 0 Å². The molecule has 0 N–H and O–H groups in total. The first kappa shape index (κ1) is 19.8. The van der Waals surface area contributed by atoms with Gasteiger partial charge in [0.25, 0.3) is 17.6 Å². The summed E-state index contributed by atoms with van der Waals surface area (Å²) in [6.45, 7) is 2.56. The van der Waals surface area contributed by atoms with Crippen molar-refractivity contribution in [3.05, 3.63) is 9.93 Å². The number of amides is 3. The Morgan fingerprint density at radius 1 is 1.08 bits per heavy atom. The maximum Gasteiger partial charge on any atom is 0.294 e. The molecule has 0 aromatic carbocycles. The first-order chi connectivity index (χ1) is 12.1. The van der Waals surface area contributed by atoms with Crippen LogP contribution in [0, 0.1) is 0 Å². The fraction of sp³-hybridized carbons (Fsp3) is 0.625. The summed E-state index contributed by atoms with van der Waals surface area (Å²) in [5.74, 6) is -0.443. The van der Waals surface area contributed by atoms with E-state index in [1.165, 1.54) is 40.8 Å². The molecular weight excluding hydrogens is 364 g/mol. The van der Waals surface area contributed by atoms with Gasteiger partial charge in [0.15, 0.2) is 6.73 Å². The van der Waals surface area contributed by atoms with Gasteiger partial charge in [-0.15, -0.1) is 0 Å². The van der Waals surface area contributed by atoms with E-state index in [1.54, 1.807) is 0 Å². The lowest BCUT2D eigenvalue weighted by atomic mass is 10.1. The topological polar surface area (TPSA) is 84.0 Å². The van der Waals surface area contributed by atoms with Crippen LogP contribution in [0.1, 0.15) is 45.4 Å². The Morgan fingerprint density at radius 3 is 2.52 bits per heavy atom. The third kappa shape index (κ3) is 5.01. The van der Waals surface area contributed by atoms with E-state index in [0.29, 0.717) is 11.6 Å². The SMILES string of the molecule is CCCCCCCCN1C(=O)S/C(=C2/SCC(=O)N2COC=O)C1=O. The van der Waals surface area contributed by atoms with Crippen molar-refractivity contribution in [1.29, 1.82) is 0 Å². The Hall–Kier alpha value is -1.48. The predicted molar refractivity (Wildman–Crippen MR) is 96.4 cm³/mol. The third-order valence-corrected chi connectivity index (χ3v) is 6.11. The van der Waals surface area contributed by atoms with Gasteiger partial charge in [0, 0.05) is 6.54 Å². The summed E-state index contributed by atoms with van der Waals surface area (Å²) in [7, 11) is 0. The van der Waals surface area contributed by atoms with E-state index in [2.05, 4.69) is 11.7 Å². The fourth-order valence-corrected chi connectivity index (χ4v) is 4.69. The van der Waals surface area contributed by atoms with Crippen LogP contribution in [0.4, 0.5) is 4.79 Å². The molecule has 0 unspecified atom stereocenters. The van der Waals surface area contributed by atoms with Gasteiger partial charge in [-0.1, -0.05) is 50.8 Å². The highest BCUT2D eigenvalue weighted by Crippen LogP contribution is 2.41. The summed E-state index contributed by atoms with van der Waals surface area (Å²) >= 11 is 2.04. The molecule has 138 valence electrons. The van der Waals surface area contributed by atoms with Gasteiger partial charge in [0.1, 0.15) is 9.93 Å². The standard InChI is InChI=1S/C16H22N2O5S2/c1-2-3-4-5-6-7-8-17-14(21)13(25-16(17)22)15-18(10-23-11-19)12(20)9-24-15/h11H,2-10H2,1H3/b15-13+. The molecule has 0 aliphatic carbocycles. The largest absolute Gasteiger partial charge is 0.446 e. The van der Waals surface area contributed by atoms with E-state index in [0.717, 1.165) is 31.0 Å². The average Bonchev–Trinajstić information content (AvgIpc) is 3.09. The number of hydrogen-bond donors (Lipinski definition) is 0. The molecule has 2 saturated heterocycles. The van der Waals surface area contributed by atoms with Gasteiger partial charge in [-0.05, 0) is 18.2 Å². The first-order valence-corrected chi connectivity index (χ1v) is 10.2. The van der Waals surface area contributed by atoms with Crippen LogP contribution >= 0.6 is 23.5 Å². The molecule has 7 nitrogen and oxygen atoms in total. The zero-order chi connectivity index (χ0) is 18.2. The summed E-state index contributed by atoms with van der Waals surface area (Å²) < 4.78 is 4.64. The molecule has 0 aromatic heterocycles. The van der Waals surface area contributed by atoms with Crippen molar-refractivity contribution in [1.82, 2.24) is 9.80 Å².